The summed E-state index contributed by atoms with van der Waals surface area (Å²) in [5, 5.41) is 41.4. The lowest BCUT2D eigenvalue weighted by molar-refractivity contribution is -0.190. The van der Waals surface area contributed by atoms with Gasteiger partial charge in [0.15, 0.2) is 11.2 Å². The second kappa shape index (κ2) is 57.2. The number of ether oxygens (including phenoxy) is 1. The molecule has 0 saturated heterocycles. The fourth-order valence-corrected chi connectivity index (χ4v) is 10.9. The van der Waals surface area contributed by atoms with Gasteiger partial charge in [0.25, 0.3) is 0 Å². The van der Waals surface area contributed by atoms with Crippen LogP contribution >= 0.6 is 0 Å². The number of hydrogen-bond acceptors (Lipinski definition) is 7. The molecule has 0 aromatic heterocycles. The van der Waals surface area contributed by atoms with Gasteiger partial charge in [0.2, 0.25) is 0 Å². The molecule has 7 heteroatoms. The van der Waals surface area contributed by atoms with Gasteiger partial charge in [0.1, 0.15) is 0 Å². The van der Waals surface area contributed by atoms with Gasteiger partial charge < -0.3 is 25.2 Å². The Morgan fingerprint density at radius 3 is 0.493 bits per heavy atom. The molecule has 0 aliphatic rings. The van der Waals surface area contributed by atoms with E-state index in [0.29, 0.717) is 12.8 Å². The van der Waals surface area contributed by atoms with Crippen LogP contribution in [0.15, 0.2) is 0 Å². The molecule has 0 aliphatic heterocycles. The second-order valence-corrected chi connectivity index (χ2v) is 23.6. The molecule has 0 heterocycles. The minimum absolute atomic E-state index is 0.0216. The van der Waals surface area contributed by atoms with Crippen LogP contribution in [-0.2, 0) is 14.3 Å². The van der Waals surface area contributed by atoms with E-state index in [4.69, 9.17) is 4.74 Å². The van der Waals surface area contributed by atoms with Crippen LogP contribution in [0.4, 0.5) is 0 Å². The van der Waals surface area contributed by atoms with Gasteiger partial charge in [0.05, 0.1) is 13.2 Å². The smallest absolute Gasteiger partial charge is 0.348 e. The van der Waals surface area contributed by atoms with Crippen LogP contribution in [0.5, 0.6) is 0 Å². The molecule has 0 aliphatic carbocycles. The standard InChI is InChI=1S/C66H130O7/c1-3-5-7-9-11-13-15-17-19-21-23-25-27-29-31-33-35-37-39-41-43-45-47-49-51-53-55-57-59-65(71,61-67)63(69)73-64(70)66(72,62-68)60-58-56-54-52-50-48-46-44-42-40-38-36-34-32-30-28-26-24-22-20-18-16-14-12-10-8-6-4-2/h67-68,71-72H,3-62H2,1-2H3. The molecule has 2 unspecified atom stereocenters. The third-order valence-electron chi connectivity index (χ3n) is 16.4. The molecule has 0 saturated carbocycles. The van der Waals surface area contributed by atoms with Crippen LogP contribution in [0.2, 0.25) is 0 Å². The maximum absolute atomic E-state index is 12.8. The van der Waals surface area contributed by atoms with Gasteiger partial charge >= 0.3 is 11.9 Å². The summed E-state index contributed by atoms with van der Waals surface area (Å²) in [6, 6.07) is 0. The number of unbranched alkanes of at least 4 members (excludes halogenated alkanes) is 54. The van der Waals surface area contributed by atoms with Crippen LogP contribution in [0, 0.1) is 0 Å². The molecule has 0 aromatic carbocycles. The number of aliphatic hydroxyl groups excluding tert-OH is 2. The molecule has 0 radical (unpaired) electrons. The topological polar surface area (TPSA) is 124 Å². The summed E-state index contributed by atoms with van der Waals surface area (Å²) in [6.07, 6.45) is 73.5. The molecule has 0 rings (SSSR count). The fourth-order valence-electron chi connectivity index (χ4n) is 10.9. The van der Waals surface area contributed by atoms with E-state index >= 15 is 0 Å². The highest BCUT2D eigenvalue weighted by atomic mass is 16.6. The maximum atomic E-state index is 12.8. The molecule has 0 aromatic rings. The zero-order chi connectivity index (χ0) is 53.3. The lowest BCUT2D eigenvalue weighted by atomic mass is 9.94. The molecule has 4 N–H and O–H groups in total. The SMILES string of the molecule is CCCCCCCCCCCCCCCCCCCCCCCCCCCCCCC(O)(CO)C(=O)OC(=O)C(O)(CO)CCCCCCCCCCCCCCCCCCCCCCCCCCCCCC. The third kappa shape index (κ3) is 49.0. The Bertz CT molecular complexity index is 1030. The van der Waals surface area contributed by atoms with Gasteiger partial charge in [-0.15, -0.1) is 0 Å². The van der Waals surface area contributed by atoms with E-state index in [1.165, 1.54) is 308 Å². The fraction of sp³-hybridized carbons (Fsp3) is 0.970. The van der Waals surface area contributed by atoms with Gasteiger partial charge in [-0.25, -0.2) is 9.59 Å². The first kappa shape index (κ1) is 72.0. The van der Waals surface area contributed by atoms with Gasteiger partial charge in [-0.3, -0.25) is 0 Å². The molecule has 0 bridgehead atoms. The van der Waals surface area contributed by atoms with E-state index in [1.807, 2.05) is 0 Å². The van der Waals surface area contributed by atoms with Crippen molar-refractivity contribution >= 4 is 11.9 Å². The van der Waals surface area contributed by atoms with Crippen LogP contribution in [0.1, 0.15) is 386 Å². The van der Waals surface area contributed by atoms with Crippen LogP contribution < -0.4 is 0 Å². The van der Waals surface area contributed by atoms with E-state index < -0.39 is 36.4 Å². The van der Waals surface area contributed by atoms with Crippen molar-refractivity contribution in [3.63, 3.8) is 0 Å². The number of hydrogen-bond donors (Lipinski definition) is 4. The number of esters is 2. The molecule has 73 heavy (non-hydrogen) atoms. The zero-order valence-electron chi connectivity index (χ0n) is 49.4. The maximum Gasteiger partial charge on any atom is 0.348 e. The van der Waals surface area contributed by atoms with Crippen molar-refractivity contribution < 1.29 is 34.8 Å². The Labute approximate surface area is 455 Å². The Morgan fingerprint density at radius 1 is 0.247 bits per heavy atom. The third-order valence-corrected chi connectivity index (χ3v) is 16.4. The van der Waals surface area contributed by atoms with Crippen molar-refractivity contribution in [2.24, 2.45) is 0 Å². The number of carbonyl (C=O) groups is 2. The van der Waals surface area contributed by atoms with Gasteiger partial charge in [-0.1, -0.05) is 361 Å². The molecule has 0 spiro atoms. The lowest BCUT2D eigenvalue weighted by Gasteiger charge is -2.27. The molecular weight excluding hydrogens is 905 g/mol. The predicted molar refractivity (Wildman–Crippen MR) is 314 cm³/mol. The van der Waals surface area contributed by atoms with E-state index in [9.17, 15) is 30.0 Å². The minimum atomic E-state index is -2.21. The Morgan fingerprint density at radius 2 is 0.370 bits per heavy atom. The zero-order valence-corrected chi connectivity index (χ0v) is 49.4. The van der Waals surface area contributed by atoms with Crippen molar-refractivity contribution in [1.82, 2.24) is 0 Å². The van der Waals surface area contributed by atoms with Crippen LogP contribution in [-0.4, -0.2) is 56.8 Å². The Kier molecular flexibility index (Phi) is 56.4. The average molecular weight is 1040 g/mol. The summed E-state index contributed by atoms with van der Waals surface area (Å²) in [5.41, 5.74) is -4.41. The van der Waals surface area contributed by atoms with Gasteiger partial charge in [-0.05, 0) is 25.7 Å². The summed E-state index contributed by atoms with van der Waals surface area (Å²) < 4.78 is 4.89. The second-order valence-electron chi connectivity index (χ2n) is 23.6. The van der Waals surface area contributed by atoms with E-state index in [2.05, 4.69) is 13.8 Å². The van der Waals surface area contributed by atoms with Gasteiger partial charge in [0, 0.05) is 0 Å². The number of carbonyl (C=O) groups excluding carboxylic acids is 2. The molecular formula is C66H130O7. The largest absolute Gasteiger partial charge is 0.393 e. The molecule has 0 amide bonds. The molecule has 0 fully saturated rings. The van der Waals surface area contributed by atoms with Crippen molar-refractivity contribution in [3.8, 4) is 0 Å². The van der Waals surface area contributed by atoms with Crippen molar-refractivity contribution in [1.29, 1.82) is 0 Å². The predicted octanol–water partition coefficient (Wildman–Crippen LogP) is 20.2. The van der Waals surface area contributed by atoms with Crippen LogP contribution in [0.3, 0.4) is 0 Å². The highest BCUT2D eigenvalue weighted by Crippen LogP contribution is 2.24. The quantitative estimate of drug-likeness (QED) is 0.0272. The highest BCUT2D eigenvalue weighted by molar-refractivity contribution is 5.94. The van der Waals surface area contributed by atoms with Crippen LogP contribution in [0.25, 0.3) is 0 Å². The summed E-state index contributed by atoms with van der Waals surface area (Å²) in [6.45, 7) is 2.85. The van der Waals surface area contributed by atoms with E-state index in [1.54, 1.807) is 0 Å². The first-order chi connectivity index (χ1) is 35.8. The Hall–Kier alpha value is -1.02. The molecule has 7 nitrogen and oxygen atoms in total. The first-order valence-electron chi connectivity index (χ1n) is 33.2. The van der Waals surface area contributed by atoms with Crippen molar-refractivity contribution in [3.05, 3.63) is 0 Å². The normalized spacial score (nSPS) is 13.4. The monoisotopic (exact) mass is 1030 g/mol. The summed E-state index contributed by atoms with van der Waals surface area (Å²) >= 11 is 0. The van der Waals surface area contributed by atoms with Gasteiger partial charge in [-0.2, -0.15) is 0 Å². The number of rotatable bonds is 62. The molecule has 436 valence electrons. The summed E-state index contributed by atoms with van der Waals surface area (Å²) in [4.78, 5) is 25.6. The Balaban J connectivity index is 3.69. The van der Waals surface area contributed by atoms with Crippen molar-refractivity contribution in [2.75, 3.05) is 13.2 Å². The minimum Gasteiger partial charge on any atom is -0.393 e. The number of aliphatic hydroxyl groups is 4. The van der Waals surface area contributed by atoms with E-state index in [-0.39, 0.29) is 12.8 Å². The lowest BCUT2D eigenvalue weighted by Crippen LogP contribution is -2.50. The van der Waals surface area contributed by atoms with Crippen molar-refractivity contribution in [2.45, 2.75) is 397 Å². The summed E-state index contributed by atoms with van der Waals surface area (Å²) in [5.74, 6) is -2.51. The summed E-state index contributed by atoms with van der Waals surface area (Å²) in [7, 11) is 0. The average Bonchev–Trinajstić information content (AvgIpc) is 3.39. The first-order valence-corrected chi connectivity index (χ1v) is 33.2. The highest BCUT2D eigenvalue weighted by Gasteiger charge is 2.43. The molecule has 2 atom stereocenters. The van der Waals surface area contributed by atoms with E-state index in [0.717, 1.165) is 38.5 Å².